The van der Waals surface area contributed by atoms with E-state index in [1.54, 1.807) is 29.8 Å². The highest BCUT2D eigenvalue weighted by molar-refractivity contribution is 5.44. The van der Waals surface area contributed by atoms with Gasteiger partial charge in [-0.3, -0.25) is 4.90 Å². The zero-order valence-corrected chi connectivity index (χ0v) is 17.5. The maximum Gasteiger partial charge on any atom is 0.227 e. The van der Waals surface area contributed by atoms with E-state index in [2.05, 4.69) is 11.8 Å². The summed E-state index contributed by atoms with van der Waals surface area (Å²) in [6.07, 6.45) is 2.57. The van der Waals surface area contributed by atoms with Crippen LogP contribution >= 0.6 is 0 Å². The van der Waals surface area contributed by atoms with E-state index in [9.17, 15) is 9.50 Å². The molecule has 0 spiro atoms. The van der Waals surface area contributed by atoms with Crippen LogP contribution in [0.2, 0.25) is 0 Å². The Bertz CT molecular complexity index is 983. The van der Waals surface area contributed by atoms with Crippen LogP contribution in [-0.2, 0) is 13.0 Å². The molecule has 1 atom stereocenters. The first-order chi connectivity index (χ1) is 14.6. The number of ether oxygens (including phenoxy) is 1. The predicted molar refractivity (Wildman–Crippen MR) is 115 cm³/mol. The molecule has 0 aliphatic heterocycles. The van der Waals surface area contributed by atoms with Gasteiger partial charge in [0, 0.05) is 19.1 Å². The van der Waals surface area contributed by atoms with Crippen molar-refractivity contribution < 1.29 is 14.2 Å². The van der Waals surface area contributed by atoms with Gasteiger partial charge in [0.05, 0.1) is 23.0 Å². The summed E-state index contributed by atoms with van der Waals surface area (Å²) in [6.45, 7) is 5.06. The van der Waals surface area contributed by atoms with Gasteiger partial charge in [0.25, 0.3) is 0 Å². The maximum absolute atomic E-state index is 14.4. The number of hydrogen-bond acceptors (Lipinski definition) is 4. The highest BCUT2D eigenvalue weighted by atomic mass is 19.1. The van der Waals surface area contributed by atoms with Crippen LogP contribution < -0.4 is 4.74 Å². The molecule has 1 aliphatic rings. The minimum absolute atomic E-state index is 0.173. The summed E-state index contributed by atoms with van der Waals surface area (Å²) in [5, 5.41) is 14.8. The van der Waals surface area contributed by atoms with Crippen LogP contribution in [0, 0.1) is 5.82 Å². The molecule has 1 N–H and O–H groups in total. The summed E-state index contributed by atoms with van der Waals surface area (Å²) in [5.74, 6) is 0.289. The van der Waals surface area contributed by atoms with Gasteiger partial charge in [-0.15, -0.1) is 0 Å². The molecule has 4 rings (SSSR count). The van der Waals surface area contributed by atoms with Crippen molar-refractivity contribution in [1.82, 2.24) is 14.7 Å². The van der Waals surface area contributed by atoms with Gasteiger partial charge in [-0.1, -0.05) is 37.3 Å². The van der Waals surface area contributed by atoms with Crippen molar-refractivity contribution in [2.75, 3.05) is 6.54 Å². The fourth-order valence-electron chi connectivity index (χ4n) is 3.73. The number of hydrogen-bond donors (Lipinski definition) is 1. The molecule has 1 aliphatic carbocycles. The Morgan fingerprint density at radius 3 is 2.50 bits per heavy atom. The van der Waals surface area contributed by atoms with Crippen LogP contribution in [0.4, 0.5) is 4.39 Å². The van der Waals surface area contributed by atoms with E-state index in [1.165, 1.54) is 6.07 Å². The van der Waals surface area contributed by atoms with Gasteiger partial charge in [0.2, 0.25) is 5.88 Å². The summed E-state index contributed by atoms with van der Waals surface area (Å²) in [6, 6.07) is 16.6. The number of halogens is 1. The first-order valence-electron chi connectivity index (χ1n) is 10.6. The third kappa shape index (κ3) is 4.55. The second-order valence-electron chi connectivity index (χ2n) is 7.87. The molecule has 0 bridgehead atoms. The largest absolute Gasteiger partial charge is 0.435 e. The minimum Gasteiger partial charge on any atom is -0.435 e. The molecule has 1 unspecified atom stereocenters. The molecule has 0 radical (unpaired) electrons. The van der Waals surface area contributed by atoms with Gasteiger partial charge in [0.15, 0.2) is 11.6 Å². The fourth-order valence-corrected chi connectivity index (χ4v) is 3.73. The smallest absolute Gasteiger partial charge is 0.227 e. The molecule has 3 aromatic rings. The van der Waals surface area contributed by atoms with Crippen molar-refractivity contribution in [3.8, 4) is 17.3 Å². The number of aliphatic hydroxyl groups is 1. The Kier molecular flexibility index (Phi) is 6.16. The normalized spacial score (nSPS) is 14.8. The zero-order chi connectivity index (χ0) is 21.1. The fraction of sp³-hybridized carbons (Fsp3) is 0.375. The Morgan fingerprint density at radius 1 is 1.17 bits per heavy atom. The van der Waals surface area contributed by atoms with Crippen molar-refractivity contribution in [2.45, 2.75) is 51.8 Å². The van der Waals surface area contributed by atoms with Gasteiger partial charge >= 0.3 is 0 Å². The third-order valence-corrected chi connectivity index (χ3v) is 5.32. The standard InChI is InChI=1S/C24H28FN3O2/c1-3-22-20(16-27(15-17(2)29)18-13-14-18)24(30-23-12-8-7-11-21(23)25)28(26-22)19-9-5-4-6-10-19/h4-12,17-18,29H,3,13-16H2,1-2H3. The average Bonchev–Trinajstić information content (AvgIpc) is 3.53. The Labute approximate surface area is 176 Å². The molecular weight excluding hydrogens is 381 g/mol. The van der Waals surface area contributed by atoms with Gasteiger partial charge < -0.3 is 9.84 Å². The van der Waals surface area contributed by atoms with Crippen LogP contribution in [0.5, 0.6) is 11.6 Å². The number of aliphatic hydroxyl groups excluding tert-OH is 1. The lowest BCUT2D eigenvalue weighted by molar-refractivity contribution is 0.117. The topological polar surface area (TPSA) is 50.5 Å². The lowest BCUT2D eigenvalue weighted by atomic mass is 10.1. The molecule has 5 nitrogen and oxygen atoms in total. The Balaban J connectivity index is 1.78. The van der Waals surface area contributed by atoms with Crippen LogP contribution in [-0.4, -0.2) is 38.5 Å². The van der Waals surface area contributed by atoms with Gasteiger partial charge in [-0.05, 0) is 50.5 Å². The molecule has 1 saturated carbocycles. The number of benzene rings is 2. The molecule has 1 fully saturated rings. The molecule has 2 aromatic carbocycles. The van der Waals surface area contributed by atoms with Crippen LogP contribution in [0.15, 0.2) is 54.6 Å². The molecule has 0 saturated heterocycles. The second-order valence-corrected chi connectivity index (χ2v) is 7.87. The lowest BCUT2D eigenvalue weighted by Gasteiger charge is -2.24. The summed E-state index contributed by atoms with van der Waals surface area (Å²) in [4.78, 5) is 2.28. The summed E-state index contributed by atoms with van der Waals surface area (Å²) in [5.41, 5.74) is 2.72. The van der Waals surface area contributed by atoms with Crippen molar-refractivity contribution >= 4 is 0 Å². The molecule has 1 aromatic heterocycles. The van der Waals surface area contributed by atoms with Gasteiger partial charge in [-0.2, -0.15) is 5.10 Å². The van der Waals surface area contributed by atoms with Gasteiger partial charge in [-0.25, -0.2) is 9.07 Å². The molecular formula is C24H28FN3O2. The number of para-hydroxylation sites is 2. The van der Waals surface area contributed by atoms with E-state index in [-0.39, 0.29) is 5.75 Å². The predicted octanol–water partition coefficient (Wildman–Crippen LogP) is 4.71. The van der Waals surface area contributed by atoms with E-state index >= 15 is 0 Å². The van der Waals surface area contributed by atoms with Gasteiger partial charge in [0.1, 0.15) is 0 Å². The van der Waals surface area contributed by atoms with E-state index in [0.29, 0.717) is 25.0 Å². The number of rotatable bonds is 9. The molecule has 6 heteroatoms. The number of aryl methyl sites for hydroxylation is 1. The number of nitrogens with zero attached hydrogens (tertiary/aromatic N) is 3. The maximum atomic E-state index is 14.4. The third-order valence-electron chi connectivity index (χ3n) is 5.32. The SMILES string of the molecule is CCc1nn(-c2ccccc2)c(Oc2ccccc2F)c1CN(CC(C)O)C1CC1. The quantitative estimate of drug-likeness (QED) is 0.556. The highest BCUT2D eigenvalue weighted by Crippen LogP contribution is 2.36. The molecule has 0 amide bonds. The van der Waals surface area contributed by atoms with Crippen molar-refractivity contribution in [3.63, 3.8) is 0 Å². The molecule has 30 heavy (non-hydrogen) atoms. The summed E-state index contributed by atoms with van der Waals surface area (Å²) >= 11 is 0. The lowest BCUT2D eigenvalue weighted by Crippen LogP contribution is -2.32. The molecule has 158 valence electrons. The van der Waals surface area contributed by atoms with E-state index in [0.717, 1.165) is 36.2 Å². The monoisotopic (exact) mass is 409 g/mol. The summed E-state index contributed by atoms with van der Waals surface area (Å²) < 4.78 is 22.3. The summed E-state index contributed by atoms with van der Waals surface area (Å²) in [7, 11) is 0. The van der Waals surface area contributed by atoms with Crippen molar-refractivity contribution in [1.29, 1.82) is 0 Å². The van der Waals surface area contributed by atoms with Crippen LogP contribution in [0.3, 0.4) is 0 Å². The van der Waals surface area contributed by atoms with E-state index in [4.69, 9.17) is 9.84 Å². The molecule has 1 heterocycles. The zero-order valence-electron chi connectivity index (χ0n) is 17.5. The van der Waals surface area contributed by atoms with Crippen LogP contribution in [0.25, 0.3) is 5.69 Å². The minimum atomic E-state index is -0.421. The average molecular weight is 410 g/mol. The van der Waals surface area contributed by atoms with E-state index in [1.807, 2.05) is 30.3 Å². The number of aromatic nitrogens is 2. The first kappa shape index (κ1) is 20.6. The first-order valence-corrected chi connectivity index (χ1v) is 10.6. The Morgan fingerprint density at radius 2 is 1.87 bits per heavy atom. The second kappa shape index (κ2) is 8.98. The van der Waals surface area contributed by atoms with E-state index < -0.39 is 11.9 Å². The van der Waals surface area contributed by atoms with Crippen molar-refractivity contribution in [2.24, 2.45) is 0 Å². The highest BCUT2D eigenvalue weighted by Gasteiger charge is 2.32. The van der Waals surface area contributed by atoms with Crippen molar-refractivity contribution in [3.05, 3.63) is 71.7 Å². The van der Waals surface area contributed by atoms with Crippen LogP contribution in [0.1, 0.15) is 37.9 Å². The Hall–Kier alpha value is -2.70.